The minimum Gasteiger partial charge on any atom is -0.456 e. The molecule has 0 amide bonds. The zero-order valence-electron chi connectivity index (χ0n) is 33.9. The van der Waals surface area contributed by atoms with E-state index < -0.39 is 6.17 Å². The Bertz CT molecular complexity index is 3780. The van der Waals surface area contributed by atoms with Gasteiger partial charge in [-0.05, 0) is 71.3 Å². The van der Waals surface area contributed by atoms with Crippen LogP contribution < -0.4 is 5.32 Å². The van der Waals surface area contributed by atoms with Crippen molar-refractivity contribution in [2.75, 3.05) is 0 Å². The van der Waals surface area contributed by atoms with Gasteiger partial charge in [-0.3, -0.25) is 0 Å². The third-order valence-electron chi connectivity index (χ3n) is 12.5. The molecular formula is C57H36N4O2. The van der Waals surface area contributed by atoms with Crippen molar-refractivity contribution in [1.82, 2.24) is 9.88 Å². The first-order chi connectivity index (χ1) is 31.2. The number of aliphatic imine (C=N–C) groups is 2. The largest absolute Gasteiger partial charge is 0.456 e. The fourth-order valence-corrected chi connectivity index (χ4v) is 9.54. The molecule has 63 heavy (non-hydrogen) atoms. The Morgan fingerprint density at radius 3 is 1.71 bits per heavy atom. The van der Waals surface area contributed by atoms with E-state index in [0.29, 0.717) is 5.84 Å². The molecule has 1 atom stereocenters. The first kappa shape index (κ1) is 35.3. The number of rotatable bonds is 6. The highest BCUT2D eigenvalue weighted by atomic mass is 16.3. The van der Waals surface area contributed by atoms with E-state index >= 15 is 0 Å². The van der Waals surface area contributed by atoms with Crippen molar-refractivity contribution in [2.45, 2.75) is 6.17 Å². The van der Waals surface area contributed by atoms with Gasteiger partial charge in [0.1, 0.15) is 34.0 Å². The van der Waals surface area contributed by atoms with Gasteiger partial charge in [-0.15, -0.1) is 0 Å². The number of nitrogens with one attached hydrogen (secondary N) is 1. The molecule has 9 aromatic carbocycles. The van der Waals surface area contributed by atoms with E-state index in [0.717, 1.165) is 94.3 Å². The molecule has 4 heterocycles. The lowest BCUT2D eigenvalue weighted by Crippen LogP contribution is -2.36. The number of fused-ring (bicyclic) bond motifs is 9. The van der Waals surface area contributed by atoms with Gasteiger partial charge in [0.25, 0.3) is 0 Å². The van der Waals surface area contributed by atoms with Gasteiger partial charge in [-0.1, -0.05) is 152 Å². The summed E-state index contributed by atoms with van der Waals surface area (Å²) in [6.07, 6.45) is -0.533. The summed E-state index contributed by atoms with van der Waals surface area (Å²) in [6, 6.07) is 72.1. The third kappa shape index (κ3) is 5.73. The first-order valence-corrected chi connectivity index (χ1v) is 21.3. The predicted octanol–water partition coefficient (Wildman–Crippen LogP) is 14.4. The second-order valence-electron chi connectivity index (χ2n) is 16.1. The standard InChI is InChI=1S/C57H36N4O2/c1-3-15-35(16-4-1)46-31-39(34-53-54(46)45-22-10-14-26-50(45)62-53)57-59-55(36-17-5-2-6-18-36)58-56(60-57)38-28-30-44-43-29-27-37(32-51(43)63-52(44)33-38)40-19-7-11-23-47(40)61-48-24-12-8-20-41(48)42-21-9-13-25-49(42)61/h1-34,56H,(H,58,59,60). The Labute approximate surface area is 361 Å². The molecule has 0 fully saturated rings. The SMILES string of the molecule is c1ccc(C2=NC(c3ccc4c(c3)oc3cc(-c5ccccc5-n5c6ccccc6c6ccccc65)ccc34)N=C(c3cc(-c4ccccc4)c4c(c3)oc3ccccc34)N2)cc1. The molecule has 12 aromatic rings. The highest BCUT2D eigenvalue weighted by molar-refractivity contribution is 6.20. The molecule has 1 aliphatic heterocycles. The summed E-state index contributed by atoms with van der Waals surface area (Å²) in [5.74, 6) is 1.46. The zero-order chi connectivity index (χ0) is 41.4. The van der Waals surface area contributed by atoms with Crippen LogP contribution in [0.15, 0.2) is 225 Å². The van der Waals surface area contributed by atoms with Crippen molar-refractivity contribution in [2.24, 2.45) is 9.98 Å². The van der Waals surface area contributed by atoms with Crippen LogP contribution in [0.2, 0.25) is 0 Å². The van der Waals surface area contributed by atoms with Crippen molar-refractivity contribution in [1.29, 1.82) is 0 Å². The fourth-order valence-electron chi connectivity index (χ4n) is 9.54. The maximum Gasteiger partial charge on any atom is 0.169 e. The number of benzene rings is 9. The van der Waals surface area contributed by atoms with Crippen LogP contribution in [0.25, 0.3) is 93.6 Å². The van der Waals surface area contributed by atoms with Crippen molar-refractivity contribution in [3.8, 4) is 27.9 Å². The predicted molar refractivity (Wildman–Crippen MR) is 258 cm³/mol. The zero-order valence-corrected chi connectivity index (χ0v) is 33.9. The quantitative estimate of drug-likeness (QED) is 0.182. The minimum absolute atomic E-state index is 0.533. The van der Waals surface area contributed by atoms with Crippen LogP contribution in [0.3, 0.4) is 0 Å². The van der Waals surface area contributed by atoms with E-state index in [9.17, 15) is 0 Å². The summed E-state index contributed by atoms with van der Waals surface area (Å²) in [6.45, 7) is 0. The molecule has 3 aromatic heterocycles. The number of para-hydroxylation sites is 4. The van der Waals surface area contributed by atoms with Gasteiger partial charge >= 0.3 is 0 Å². The van der Waals surface area contributed by atoms with E-state index in [1.54, 1.807) is 0 Å². The van der Waals surface area contributed by atoms with Gasteiger partial charge < -0.3 is 18.7 Å². The van der Waals surface area contributed by atoms with Gasteiger partial charge in [0.2, 0.25) is 0 Å². The van der Waals surface area contributed by atoms with Crippen molar-refractivity contribution in [3.05, 3.63) is 223 Å². The van der Waals surface area contributed by atoms with Crippen LogP contribution in [-0.2, 0) is 0 Å². The number of aromatic nitrogens is 1. The molecule has 6 nitrogen and oxygen atoms in total. The van der Waals surface area contributed by atoms with Crippen LogP contribution in [0.5, 0.6) is 0 Å². The number of amidine groups is 2. The van der Waals surface area contributed by atoms with Crippen LogP contribution in [0.4, 0.5) is 0 Å². The second-order valence-corrected chi connectivity index (χ2v) is 16.1. The number of furan rings is 2. The lowest BCUT2D eigenvalue weighted by Gasteiger charge is -2.22. The number of hydrogen-bond donors (Lipinski definition) is 1. The normalized spacial score (nSPS) is 14.2. The molecule has 1 aliphatic rings. The summed E-state index contributed by atoms with van der Waals surface area (Å²) >= 11 is 0. The Morgan fingerprint density at radius 2 is 0.952 bits per heavy atom. The molecule has 0 bridgehead atoms. The summed E-state index contributed by atoms with van der Waals surface area (Å²) < 4.78 is 15.6. The highest BCUT2D eigenvalue weighted by Gasteiger charge is 2.24. The first-order valence-electron chi connectivity index (χ1n) is 21.3. The van der Waals surface area contributed by atoms with E-state index in [1.807, 2.05) is 36.4 Å². The van der Waals surface area contributed by atoms with E-state index in [-0.39, 0.29) is 0 Å². The summed E-state index contributed by atoms with van der Waals surface area (Å²) in [7, 11) is 0. The third-order valence-corrected chi connectivity index (χ3v) is 12.5. The van der Waals surface area contributed by atoms with Gasteiger partial charge in [0.15, 0.2) is 6.17 Å². The van der Waals surface area contributed by atoms with E-state index in [4.69, 9.17) is 18.8 Å². The average Bonchev–Trinajstić information content (AvgIpc) is 4.03. The van der Waals surface area contributed by atoms with Crippen molar-refractivity contribution in [3.63, 3.8) is 0 Å². The summed E-state index contributed by atoms with van der Waals surface area (Å²) in [4.78, 5) is 10.5. The Kier molecular flexibility index (Phi) is 7.87. The van der Waals surface area contributed by atoms with Crippen molar-refractivity contribution >= 4 is 77.4 Å². The summed E-state index contributed by atoms with van der Waals surface area (Å²) in [5.41, 5.74) is 14.0. The molecular weight excluding hydrogens is 773 g/mol. The van der Waals surface area contributed by atoms with Gasteiger partial charge in [0.05, 0.1) is 16.7 Å². The van der Waals surface area contributed by atoms with Gasteiger partial charge in [-0.2, -0.15) is 0 Å². The van der Waals surface area contributed by atoms with Crippen LogP contribution >= 0.6 is 0 Å². The topological polar surface area (TPSA) is 68.0 Å². The maximum atomic E-state index is 6.75. The number of hydrogen-bond acceptors (Lipinski definition) is 5. The number of nitrogens with zero attached hydrogens (tertiary/aromatic N) is 3. The highest BCUT2D eigenvalue weighted by Crippen LogP contribution is 2.41. The van der Waals surface area contributed by atoms with Crippen LogP contribution in [0, 0.1) is 0 Å². The minimum atomic E-state index is -0.533. The molecule has 13 rings (SSSR count). The molecule has 1 unspecified atom stereocenters. The van der Waals surface area contributed by atoms with Gasteiger partial charge in [0, 0.05) is 54.6 Å². The monoisotopic (exact) mass is 808 g/mol. The summed E-state index contributed by atoms with van der Waals surface area (Å²) in [5, 5.41) is 10.4. The van der Waals surface area contributed by atoms with E-state index in [2.05, 4.69) is 180 Å². The van der Waals surface area contributed by atoms with E-state index in [1.165, 1.54) is 21.8 Å². The van der Waals surface area contributed by atoms with Crippen LogP contribution in [-0.4, -0.2) is 16.2 Å². The Balaban J connectivity index is 0.929. The van der Waals surface area contributed by atoms with Crippen molar-refractivity contribution < 1.29 is 8.83 Å². The molecule has 1 N–H and O–H groups in total. The maximum absolute atomic E-state index is 6.75. The average molecular weight is 809 g/mol. The molecule has 0 saturated carbocycles. The molecule has 0 saturated heterocycles. The van der Waals surface area contributed by atoms with Gasteiger partial charge in [-0.25, -0.2) is 9.98 Å². The molecule has 6 heteroatoms. The molecule has 296 valence electrons. The molecule has 0 spiro atoms. The molecule has 0 radical (unpaired) electrons. The lowest BCUT2D eigenvalue weighted by molar-refractivity contribution is 0.666. The molecule has 0 aliphatic carbocycles. The van der Waals surface area contributed by atoms with Crippen LogP contribution in [0.1, 0.15) is 22.9 Å². The fraction of sp³-hybridized carbons (Fsp3) is 0.0175. The lowest BCUT2D eigenvalue weighted by atomic mass is 9.96. The Morgan fingerprint density at radius 1 is 0.381 bits per heavy atom. The smallest absolute Gasteiger partial charge is 0.169 e. The second kappa shape index (κ2) is 14.0. The Hall–Kier alpha value is -8.48.